The summed E-state index contributed by atoms with van der Waals surface area (Å²) in [6.07, 6.45) is 4.93. The Balaban J connectivity index is 3.87. The zero-order chi connectivity index (χ0) is 6.78. The molecule has 0 aliphatic carbocycles. The summed E-state index contributed by atoms with van der Waals surface area (Å²) in [6, 6.07) is 0. The quantitative estimate of drug-likeness (QED) is 0.374. The summed E-state index contributed by atoms with van der Waals surface area (Å²) in [5.41, 5.74) is -0.734. The van der Waals surface area contributed by atoms with E-state index >= 15 is 0 Å². The van der Waals surface area contributed by atoms with Crippen molar-refractivity contribution in [1.82, 2.24) is 0 Å². The Morgan fingerprint density at radius 1 is 1.50 bits per heavy atom. The average Bonchev–Trinajstić information content (AvgIpc) is 1.62. The fourth-order valence-electron chi connectivity index (χ4n) is 0.250. The topological polar surface area (TPSA) is 19.9 Å². The minimum Gasteiger partial charge on any atom is -0.223 e. The lowest BCUT2D eigenvalue weighted by Crippen LogP contribution is -2.35. The highest BCUT2D eigenvalue weighted by atomic mass is 28.3. The van der Waals surface area contributed by atoms with Gasteiger partial charge in [0.25, 0.3) is 0 Å². The summed E-state index contributed by atoms with van der Waals surface area (Å²) >= 11 is 0. The third-order valence-corrected chi connectivity index (χ3v) is 2.68. The molecule has 0 saturated heterocycles. The molecule has 1 atom stereocenters. The second-order valence-electron chi connectivity index (χ2n) is 2.91. The lowest BCUT2D eigenvalue weighted by atomic mass is 10.8. The SMILES string of the molecule is C#CC([O])[Si](C)(C)C. The molecule has 0 fully saturated rings. The minimum absolute atomic E-state index is 0.734. The first kappa shape index (κ1) is 7.74. The molecule has 0 aliphatic heterocycles. The van der Waals surface area contributed by atoms with Crippen LogP contribution in [0.1, 0.15) is 0 Å². The Labute approximate surface area is 51.7 Å². The van der Waals surface area contributed by atoms with Crippen LogP contribution in [0, 0.1) is 12.3 Å². The van der Waals surface area contributed by atoms with Gasteiger partial charge in [0.15, 0.2) is 0 Å². The van der Waals surface area contributed by atoms with E-state index in [1.54, 1.807) is 0 Å². The van der Waals surface area contributed by atoms with E-state index in [1.807, 2.05) is 19.6 Å². The third kappa shape index (κ3) is 2.15. The zero-order valence-electron chi connectivity index (χ0n) is 5.56. The van der Waals surface area contributed by atoms with Gasteiger partial charge in [0.05, 0.1) is 8.07 Å². The van der Waals surface area contributed by atoms with E-state index in [2.05, 4.69) is 5.92 Å². The summed E-state index contributed by atoms with van der Waals surface area (Å²) in [5, 5.41) is 10.7. The maximum Gasteiger partial charge on any atom is 0.140 e. The van der Waals surface area contributed by atoms with Crippen molar-refractivity contribution in [3.8, 4) is 12.3 Å². The van der Waals surface area contributed by atoms with Gasteiger partial charge < -0.3 is 0 Å². The van der Waals surface area contributed by atoms with Gasteiger partial charge in [-0.1, -0.05) is 25.6 Å². The highest BCUT2D eigenvalue weighted by Gasteiger charge is 2.23. The first-order valence-corrected chi connectivity index (χ1v) is 6.18. The summed E-state index contributed by atoms with van der Waals surface area (Å²) in [5.74, 6) is 2.21. The van der Waals surface area contributed by atoms with E-state index in [-0.39, 0.29) is 0 Å². The predicted molar refractivity (Wildman–Crippen MR) is 36.7 cm³/mol. The van der Waals surface area contributed by atoms with E-state index in [0.717, 1.165) is 0 Å². The highest BCUT2D eigenvalue weighted by Crippen LogP contribution is 2.05. The maximum absolute atomic E-state index is 10.7. The van der Waals surface area contributed by atoms with Crippen molar-refractivity contribution in [2.45, 2.75) is 25.4 Å². The highest BCUT2D eigenvalue weighted by molar-refractivity contribution is 6.77. The molecule has 1 nitrogen and oxygen atoms in total. The monoisotopic (exact) mass is 127 g/mol. The Morgan fingerprint density at radius 3 is 1.88 bits per heavy atom. The van der Waals surface area contributed by atoms with Gasteiger partial charge in [-0.05, 0) is 0 Å². The van der Waals surface area contributed by atoms with E-state index in [9.17, 15) is 5.11 Å². The molecule has 0 amide bonds. The molecule has 0 aromatic heterocycles. The van der Waals surface area contributed by atoms with Crippen LogP contribution in [-0.4, -0.2) is 13.8 Å². The van der Waals surface area contributed by atoms with Gasteiger partial charge in [-0.2, -0.15) is 0 Å². The van der Waals surface area contributed by atoms with Gasteiger partial charge in [-0.3, -0.25) is 0 Å². The van der Waals surface area contributed by atoms with Crippen molar-refractivity contribution < 1.29 is 5.11 Å². The summed E-state index contributed by atoms with van der Waals surface area (Å²) in [7, 11) is -1.55. The molecule has 45 valence electrons. The van der Waals surface area contributed by atoms with Gasteiger partial charge in [-0.15, -0.1) is 6.42 Å². The number of hydrogen-bond donors (Lipinski definition) is 0. The molecule has 0 spiro atoms. The van der Waals surface area contributed by atoms with Gasteiger partial charge >= 0.3 is 0 Å². The van der Waals surface area contributed by atoms with Gasteiger partial charge in [0, 0.05) is 0 Å². The molecule has 0 aromatic carbocycles. The molecule has 8 heavy (non-hydrogen) atoms. The molecule has 1 unspecified atom stereocenters. The number of rotatable bonds is 1. The lowest BCUT2D eigenvalue weighted by molar-refractivity contribution is 0.194. The largest absolute Gasteiger partial charge is 0.223 e. The first-order chi connectivity index (χ1) is 3.48. The van der Waals surface area contributed by atoms with Crippen LogP contribution in [-0.2, 0) is 5.11 Å². The number of hydrogen-bond acceptors (Lipinski definition) is 0. The molecule has 0 saturated carbocycles. The van der Waals surface area contributed by atoms with Crippen LogP contribution in [0.3, 0.4) is 0 Å². The van der Waals surface area contributed by atoms with Crippen molar-refractivity contribution >= 4 is 8.07 Å². The van der Waals surface area contributed by atoms with E-state index in [4.69, 9.17) is 6.42 Å². The molecule has 0 rings (SSSR count). The van der Waals surface area contributed by atoms with Crippen molar-refractivity contribution in [3.63, 3.8) is 0 Å². The van der Waals surface area contributed by atoms with Crippen molar-refractivity contribution in [2.75, 3.05) is 0 Å². The van der Waals surface area contributed by atoms with E-state index in [0.29, 0.717) is 0 Å². The van der Waals surface area contributed by atoms with Gasteiger partial charge in [0.1, 0.15) is 5.73 Å². The van der Waals surface area contributed by atoms with Crippen LogP contribution in [0.4, 0.5) is 0 Å². The minimum atomic E-state index is -1.55. The van der Waals surface area contributed by atoms with Crippen LogP contribution < -0.4 is 0 Å². The second kappa shape index (κ2) is 2.34. The van der Waals surface area contributed by atoms with Crippen LogP contribution in [0.25, 0.3) is 0 Å². The molecule has 0 N–H and O–H groups in total. The fraction of sp³-hybridized carbons (Fsp3) is 0.667. The van der Waals surface area contributed by atoms with Crippen LogP contribution in [0.5, 0.6) is 0 Å². The zero-order valence-corrected chi connectivity index (χ0v) is 6.56. The van der Waals surface area contributed by atoms with Crippen molar-refractivity contribution in [3.05, 3.63) is 0 Å². The second-order valence-corrected chi connectivity index (χ2v) is 8.17. The maximum atomic E-state index is 10.7. The molecule has 0 aromatic rings. The Hall–Kier alpha value is -0.263. The van der Waals surface area contributed by atoms with Crippen LogP contribution >= 0.6 is 0 Å². The summed E-state index contributed by atoms with van der Waals surface area (Å²) < 4.78 is 0. The molecule has 2 heteroatoms. The molecule has 0 heterocycles. The average molecular weight is 127 g/mol. The molecule has 0 bridgehead atoms. The molecule has 0 aliphatic rings. The normalized spacial score (nSPS) is 14.9. The van der Waals surface area contributed by atoms with Crippen molar-refractivity contribution in [2.24, 2.45) is 0 Å². The summed E-state index contributed by atoms with van der Waals surface area (Å²) in [4.78, 5) is 0. The number of terminal acetylenes is 1. The molecular formula is C6H11OSi. The van der Waals surface area contributed by atoms with E-state index in [1.165, 1.54) is 0 Å². The fourth-order valence-corrected chi connectivity index (χ4v) is 0.750. The Kier molecular flexibility index (Phi) is 2.26. The van der Waals surface area contributed by atoms with Gasteiger partial charge in [-0.25, -0.2) is 5.11 Å². The summed E-state index contributed by atoms with van der Waals surface area (Å²) in [6.45, 7) is 5.93. The lowest BCUT2D eigenvalue weighted by Gasteiger charge is -2.15. The first-order valence-electron chi connectivity index (χ1n) is 2.60. The van der Waals surface area contributed by atoms with Crippen molar-refractivity contribution in [1.29, 1.82) is 0 Å². The predicted octanol–water partition coefficient (Wildman–Crippen LogP) is 1.30. The van der Waals surface area contributed by atoms with Crippen LogP contribution in [0.2, 0.25) is 19.6 Å². The van der Waals surface area contributed by atoms with Gasteiger partial charge in [0.2, 0.25) is 0 Å². The molecule has 1 radical (unpaired) electrons. The molecular weight excluding hydrogens is 116 g/mol. The van der Waals surface area contributed by atoms with Crippen LogP contribution in [0.15, 0.2) is 0 Å². The Bertz CT molecular complexity index is 107. The van der Waals surface area contributed by atoms with E-state index < -0.39 is 13.8 Å². The standard InChI is InChI=1S/C6H11OSi/c1-5-6(7)8(2,3)4/h1,6H,2-4H3. The Morgan fingerprint density at radius 2 is 1.88 bits per heavy atom. The smallest absolute Gasteiger partial charge is 0.140 e. The third-order valence-electron chi connectivity index (χ3n) is 0.938.